The van der Waals surface area contributed by atoms with Gasteiger partial charge in [-0.2, -0.15) is 4.99 Å². The highest BCUT2D eigenvalue weighted by molar-refractivity contribution is 8.18. The number of nitrogens with zero attached hydrogens (tertiary/aromatic N) is 2. The van der Waals surface area contributed by atoms with E-state index < -0.39 is 0 Å². The lowest BCUT2D eigenvalue weighted by Crippen LogP contribution is -2.44. The van der Waals surface area contributed by atoms with Gasteiger partial charge in [-0.1, -0.05) is 48.5 Å². The zero-order valence-corrected chi connectivity index (χ0v) is 17.0. The van der Waals surface area contributed by atoms with Crippen LogP contribution in [0.4, 0.5) is 0 Å². The van der Waals surface area contributed by atoms with Gasteiger partial charge in [0.05, 0.1) is 17.1 Å². The van der Waals surface area contributed by atoms with Gasteiger partial charge in [0, 0.05) is 13.1 Å². The Morgan fingerprint density at radius 1 is 0.931 bits per heavy atom. The summed E-state index contributed by atoms with van der Waals surface area (Å²) in [6.07, 6.45) is 3.63. The van der Waals surface area contributed by atoms with Crippen LogP contribution in [0, 0.1) is 0 Å². The first-order chi connectivity index (χ1) is 14.2. The number of fused-ring (bicyclic) bond motifs is 3. The number of carbonyl (C=O) groups excluding carboxylic acids is 1. The van der Waals surface area contributed by atoms with Crippen LogP contribution in [0.3, 0.4) is 0 Å². The van der Waals surface area contributed by atoms with Crippen LogP contribution in [0.1, 0.15) is 35.1 Å². The second-order valence-corrected chi connectivity index (χ2v) is 9.26. The summed E-state index contributed by atoms with van der Waals surface area (Å²) in [5.41, 5.74) is 6.42. The van der Waals surface area contributed by atoms with Crippen molar-refractivity contribution in [1.82, 2.24) is 4.90 Å². The molecule has 1 fully saturated rings. The monoisotopic (exact) mass is 402 g/mol. The minimum Gasteiger partial charge on any atom is -0.365 e. The van der Waals surface area contributed by atoms with E-state index in [1.165, 1.54) is 27.8 Å². The number of aliphatic imine (C=N–C) groups is 1. The van der Waals surface area contributed by atoms with Crippen molar-refractivity contribution in [2.75, 3.05) is 13.1 Å². The minimum atomic E-state index is -0.157. The highest BCUT2D eigenvalue weighted by Gasteiger charge is 2.43. The standard InChI is InChI=1S/C24H22N2O2S/c27-22-21(19-13-16-5-1-2-6-17(16)14-19)29-23(25-22)26-11-9-24(10-12-26)20-8-4-3-7-18(20)15-28-24/h1-8H,9-15H2. The number of piperidine rings is 1. The van der Waals surface area contributed by atoms with E-state index in [-0.39, 0.29) is 11.5 Å². The number of hydrogen-bond donors (Lipinski definition) is 0. The van der Waals surface area contributed by atoms with Crippen LogP contribution in [0.5, 0.6) is 0 Å². The average molecular weight is 403 g/mol. The molecule has 6 rings (SSSR count). The number of benzene rings is 2. The van der Waals surface area contributed by atoms with Crippen molar-refractivity contribution in [3.8, 4) is 0 Å². The predicted molar refractivity (Wildman–Crippen MR) is 115 cm³/mol. The topological polar surface area (TPSA) is 41.9 Å². The molecule has 3 heterocycles. The summed E-state index contributed by atoms with van der Waals surface area (Å²) >= 11 is 1.57. The number of allylic oxidation sites excluding steroid dienone is 1. The molecule has 2 aromatic carbocycles. The maximum Gasteiger partial charge on any atom is 0.286 e. The van der Waals surface area contributed by atoms with Gasteiger partial charge in [0.15, 0.2) is 5.17 Å². The summed E-state index contributed by atoms with van der Waals surface area (Å²) < 4.78 is 6.27. The van der Waals surface area contributed by atoms with E-state index in [1.54, 1.807) is 11.8 Å². The normalized spacial score (nSPS) is 22.3. The van der Waals surface area contributed by atoms with Crippen molar-refractivity contribution in [2.24, 2.45) is 4.99 Å². The Balaban J connectivity index is 1.18. The second-order valence-electron chi connectivity index (χ2n) is 8.28. The largest absolute Gasteiger partial charge is 0.365 e. The van der Waals surface area contributed by atoms with Crippen LogP contribution in [0.25, 0.3) is 0 Å². The van der Waals surface area contributed by atoms with Crippen LogP contribution in [0.15, 0.2) is 64.0 Å². The van der Waals surface area contributed by atoms with Gasteiger partial charge in [-0.15, -0.1) is 0 Å². The van der Waals surface area contributed by atoms with E-state index in [2.05, 4.69) is 58.4 Å². The molecular formula is C24H22N2O2S. The quantitative estimate of drug-likeness (QED) is 0.620. The number of hydrogen-bond acceptors (Lipinski definition) is 4. The van der Waals surface area contributed by atoms with Gasteiger partial charge in [-0.05, 0) is 65.3 Å². The fourth-order valence-corrected chi connectivity index (χ4v) is 6.14. The van der Waals surface area contributed by atoms with Crippen molar-refractivity contribution in [1.29, 1.82) is 0 Å². The van der Waals surface area contributed by atoms with Gasteiger partial charge in [-0.25, -0.2) is 0 Å². The Morgan fingerprint density at radius 3 is 2.31 bits per heavy atom. The van der Waals surface area contributed by atoms with Crippen molar-refractivity contribution in [3.63, 3.8) is 0 Å². The van der Waals surface area contributed by atoms with Crippen LogP contribution in [-0.2, 0) is 34.6 Å². The number of thioether (sulfide) groups is 1. The summed E-state index contributed by atoms with van der Waals surface area (Å²) in [5.74, 6) is -0.0597. The van der Waals surface area contributed by atoms with Gasteiger partial charge < -0.3 is 9.64 Å². The molecule has 2 aromatic rings. The third-order valence-electron chi connectivity index (χ3n) is 6.69. The number of amides is 1. The van der Waals surface area contributed by atoms with Gasteiger partial charge >= 0.3 is 0 Å². The van der Waals surface area contributed by atoms with E-state index >= 15 is 0 Å². The van der Waals surface area contributed by atoms with E-state index in [9.17, 15) is 4.79 Å². The van der Waals surface area contributed by atoms with E-state index in [1.807, 2.05) is 0 Å². The third-order valence-corrected chi connectivity index (χ3v) is 7.89. The molecule has 29 heavy (non-hydrogen) atoms. The number of ether oxygens (including phenoxy) is 1. The molecule has 146 valence electrons. The molecule has 1 saturated heterocycles. The molecule has 5 heteroatoms. The lowest BCUT2D eigenvalue weighted by molar-refractivity contribution is -0.113. The summed E-state index contributed by atoms with van der Waals surface area (Å²) in [4.78, 5) is 20.2. The van der Waals surface area contributed by atoms with Crippen molar-refractivity contribution in [2.45, 2.75) is 37.9 Å². The van der Waals surface area contributed by atoms with Crippen molar-refractivity contribution < 1.29 is 9.53 Å². The van der Waals surface area contributed by atoms with Crippen molar-refractivity contribution in [3.05, 3.63) is 81.3 Å². The summed E-state index contributed by atoms with van der Waals surface area (Å²) in [6.45, 7) is 2.45. The molecule has 1 spiro atoms. The molecule has 1 aliphatic carbocycles. The fraction of sp³-hybridized carbons (Fsp3) is 0.333. The smallest absolute Gasteiger partial charge is 0.286 e. The molecule has 0 N–H and O–H groups in total. The van der Waals surface area contributed by atoms with Gasteiger partial charge in [0.25, 0.3) is 5.91 Å². The Hall–Kier alpha value is -2.37. The molecule has 0 bridgehead atoms. The first kappa shape index (κ1) is 17.5. The lowest BCUT2D eigenvalue weighted by Gasteiger charge is -2.39. The average Bonchev–Trinajstić information content (AvgIpc) is 3.45. The second kappa shape index (κ2) is 6.57. The van der Waals surface area contributed by atoms with E-state index in [0.29, 0.717) is 6.61 Å². The Labute approximate surface area is 174 Å². The molecule has 0 atom stereocenters. The van der Waals surface area contributed by atoms with E-state index in [0.717, 1.165) is 48.8 Å². The first-order valence-electron chi connectivity index (χ1n) is 10.3. The van der Waals surface area contributed by atoms with Crippen LogP contribution >= 0.6 is 11.8 Å². The molecule has 1 amide bonds. The molecule has 0 saturated carbocycles. The Kier molecular flexibility index (Phi) is 3.96. The fourth-order valence-electron chi connectivity index (χ4n) is 5.10. The summed E-state index contributed by atoms with van der Waals surface area (Å²) in [6, 6.07) is 17.1. The Bertz CT molecular complexity index is 1050. The van der Waals surface area contributed by atoms with Gasteiger partial charge in [0.2, 0.25) is 0 Å². The highest BCUT2D eigenvalue weighted by atomic mass is 32.2. The number of rotatable bonds is 0. The number of amidine groups is 1. The molecule has 0 aromatic heterocycles. The van der Waals surface area contributed by atoms with Crippen LogP contribution in [0.2, 0.25) is 0 Å². The SMILES string of the molecule is O=C1N=C(N2CCC3(CC2)OCc2ccccc23)SC1=C1Cc2ccccc2C1. The highest BCUT2D eigenvalue weighted by Crippen LogP contribution is 2.45. The zero-order chi connectivity index (χ0) is 19.4. The molecule has 4 nitrogen and oxygen atoms in total. The molecule has 0 radical (unpaired) electrons. The third kappa shape index (κ3) is 2.79. The van der Waals surface area contributed by atoms with Gasteiger partial charge in [-0.3, -0.25) is 4.79 Å². The minimum absolute atomic E-state index is 0.0597. The van der Waals surface area contributed by atoms with Crippen molar-refractivity contribution >= 4 is 22.8 Å². The number of likely N-dealkylation sites (tertiary alicyclic amines) is 1. The molecular weight excluding hydrogens is 380 g/mol. The van der Waals surface area contributed by atoms with Crippen LogP contribution in [-0.4, -0.2) is 29.1 Å². The maximum absolute atomic E-state index is 12.7. The molecule has 3 aliphatic heterocycles. The van der Waals surface area contributed by atoms with E-state index in [4.69, 9.17) is 4.74 Å². The molecule has 0 unspecified atom stereocenters. The summed E-state index contributed by atoms with van der Waals surface area (Å²) in [7, 11) is 0. The van der Waals surface area contributed by atoms with Crippen LogP contribution < -0.4 is 0 Å². The Morgan fingerprint density at radius 2 is 1.59 bits per heavy atom. The zero-order valence-electron chi connectivity index (χ0n) is 16.2. The number of carbonyl (C=O) groups is 1. The predicted octanol–water partition coefficient (Wildman–Crippen LogP) is 4.19. The summed E-state index contributed by atoms with van der Waals surface area (Å²) in [5, 5.41) is 0.870. The molecule has 4 aliphatic rings. The lowest BCUT2D eigenvalue weighted by atomic mass is 9.84. The van der Waals surface area contributed by atoms with Gasteiger partial charge in [0.1, 0.15) is 0 Å². The first-order valence-corrected chi connectivity index (χ1v) is 11.1. The maximum atomic E-state index is 12.7.